The van der Waals surface area contributed by atoms with E-state index in [4.69, 9.17) is 10.5 Å². The Hall–Kier alpha value is -1.89. The van der Waals surface area contributed by atoms with Gasteiger partial charge in [0.2, 0.25) is 10.0 Å². The van der Waals surface area contributed by atoms with Crippen molar-refractivity contribution >= 4 is 15.8 Å². The second kappa shape index (κ2) is 6.31. The van der Waals surface area contributed by atoms with Crippen LogP contribution in [-0.4, -0.2) is 36.4 Å². The van der Waals surface area contributed by atoms with Crippen molar-refractivity contribution in [1.29, 1.82) is 0 Å². The van der Waals surface area contributed by atoms with E-state index in [1.165, 1.54) is 10.8 Å². The van der Waals surface area contributed by atoms with Gasteiger partial charge in [-0.25, -0.2) is 17.9 Å². The molecule has 1 saturated carbocycles. The van der Waals surface area contributed by atoms with Crippen LogP contribution in [0.5, 0.6) is 0 Å². The lowest BCUT2D eigenvalue weighted by atomic mass is 10.3. The molecule has 3 N–H and O–H groups in total. The molecule has 2 aliphatic rings. The second-order valence-corrected chi connectivity index (χ2v) is 7.61. The molecule has 1 aliphatic heterocycles. The zero-order chi connectivity index (χ0) is 16.4. The van der Waals surface area contributed by atoms with E-state index < -0.39 is 15.7 Å². The van der Waals surface area contributed by atoms with Crippen LogP contribution in [0.1, 0.15) is 37.5 Å². The smallest absolute Gasteiger partial charge is 0.351 e. The van der Waals surface area contributed by atoms with Gasteiger partial charge in [-0.3, -0.25) is 4.57 Å². The van der Waals surface area contributed by atoms with Crippen LogP contribution in [0.25, 0.3) is 0 Å². The van der Waals surface area contributed by atoms with Crippen LogP contribution >= 0.6 is 0 Å². The first-order chi connectivity index (χ1) is 11.0. The van der Waals surface area contributed by atoms with Gasteiger partial charge in [0.05, 0.1) is 17.4 Å². The van der Waals surface area contributed by atoms with Crippen molar-refractivity contribution in [2.45, 2.75) is 37.2 Å². The predicted molar refractivity (Wildman–Crippen MR) is 84.0 cm³/mol. The van der Waals surface area contributed by atoms with Crippen molar-refractivity contribution in [2.24, 2.45) is 0 Å². The molecule has 3 rings (SSSR count). The molecule has 2 heterocycles. The van der Waals surface area contributed by atoms with Crippen LogP contribution in [0.15, 0.2) is 11.0 Å². The number of nitrogens with zero attached hydrogens (tertiary/aromatic N) is 2. The molecule has 8 nitrogen and oxygen atoms in total. The van der Waals surface area contributed by atoms with Gasteiger partial charge in [0, 0.05) is 12.8 Å². The van der Waals surface area contributed by atoms with E-state index in [1.54, 1.807) is 0 Å². The summed E-state index contributed by atoms with van der Waals surface area (Å²) < 4.78 is 32.6. The highest BCUT2D eigenvalue weighted by Gasteiger charge is 2.35. The quantitative estimate of drug-likeness (QED) is 0.720. The first-order valence-electron chi connectivity index (χ1n) is 7.45. The zero-order valence-corrected chi connectivity index (χ0v) is 13.3. The van der Waals surface area contributed by atoms with Gasteiger partial charge >= 0.3 is 5.69 Å². The van der Waals surface area contributed by atoms with Gasteiger partial charge in [-0.05, 0) is 25.7 Å². The summed E-state index contributed by atoms with van der Waals surface area (Å²) in [4.78, 5) is 15.6. The molecule has 0 unspecified atom stereocenters. The van der Waals surface area contributed by atoms with E-state index in [0.717, 1.165) is 12.8 Å². The lowest BCUT2D eigenvalue weighted by molar-refractivity contribution is 0.0527. The van der Waals surface area contributed by atoms with Crippen molar-refractivity contribution in [2.75, 3.05) is 18.9 Å². The number of rotatable bonds is 4. The molecular formula is C14H18N4O4S. The number of nitrogen functional groups attached to an aromatic ring is 1. The number of sulfonamides is 1. The third kappa shape index (κ3) is 3.72. The first-order valence-corrected chi connectivity index (χ1v) is 8.99. The molecule has 1 aliphatic carbocycles. The number of anilines is 1. The molecular weight excluding hydrogens is 320 g/mol. The summed E-state index contributed by atoms with van der Waals surface area (Å²) in [5.74, 6) is 5.49. The van der Waals surface area contributed by atoms with Crippen LogP contribution in [0.3, 0.4) is 0 Å². The Morgan fingerprint density at radius 1 is 1.43 bits per heavy atom. The lowest BCUT2D eigenvalue weighted by Crippen LogP contribution is -2.28. The Labute approximate surface area is 134 Å². The number of aromatic nitrogens is 2. The minimum absolute atomic E-state index is 0.00265. The van der Waals surface area contributed by atoms with E-state index in [9.17, 15) is 13.2 Å². The number of ether oxygens (including phenoxy) is 1. The molecule has 9 heteroatoms. The summed E-state index contributed by atoms with van der Waals surface area (Å²) in [6.45, 7) is 0.600. The highest BCUT2D eigenvalue weighted by molar-refractivity contribution is 7.90. The minimum atomic E-state index is -3.25. The zero-order valence-electron chi connectivity index (χ0n) is 12.5. The predicted octanol–water partition coefficient (Wildman–Crippen LogP) is -0.432. The Kier molecular flexibility index (Phi) is 4.39. The fraction of sp³-hybridized carbons (Fsp3) is 0.571. The van der Waals surface area contributed by atoms with Gasteiger partial charge < -0.3 is 10.5 Å². The maximum absolute atomic E-state index is 11.9. The van der Waals surface area contributed by atoms with Crippen LogP contribution in [0.4, 0.5) is 5.82 Å². The van der Waals surface area contributed by atoms with Gasteiger partial charge in [-0.2, -0.15) is 4.98 Å². The Morgan fingerprint density at radius 3 is 2.87 bits per heavy atom. The average molecular weight is 338 g/mol. The molecule has 0 bridgehead atoms. The molecule has 0 spiro atoms. The summed E-state index contributed by atoms with van der Waals surface area (Å²) in [6.07, 6.45) is 4.19. The molecule has 0 aromatic carbocycles. The molecule has 1 aromatic heterocycles. The van der Waals surface area contributed by atoms with Gasteiger partial charge in [0.1, 0.15) is 12.0 Å². The largest absolute Gasteiger partial charge is 0.382 e. The van der Waals surface area contributed by atoms with Crippen molar-refractivity contribution in [1.82, 2.24) is 14.3 Å². The van der Waals surface area contributed by atoms with Gasteiger partial charge in [-0.1, -0.05) is 11.8 Å². The van der Waals surface area contributed by atoms with E-state index in [1.807, 2.05) is 0 Å². The Balaban J connectivity index is 1.73. The first kappa shape index (κ1) is 16.0. The molecule has 1 aromatic rings. The number of nitrogens with two attached hydrogens (primary N) is 1. The topological polar surface area (TPSA) is 116 Å². The van der Waals surface area contributed by atoms with Crippen molar-refractivity contribution in [3.8, 4) is 11.8 Å². The monoisotopic (exact) mass is 338 g/mol. The summed E-state index contributed by atoms with van der Waals surface area (Å²) in [7, 11) is -3.25. The summed E-state index contributed by atoms with van der Waals surface area (Å²) in [6, 6.07) is 0. The van der Waals surface area contributed by atoms with Gasteiger partial charge in [-0.15, -0.1) is 0 Å². The highest BCUT2D eigenvalue weighted by atomic mass is 32.2. The van der Waals surface area contributed by atoms with Crippen molar-refractivity contribution < 1.29 is 13.2 Å². The van der Waals surface area contributed by atoms with E-state index in [2.05, 4.69) is 21.5 Å². The lowest BCUT2D eigenvalue weighted by Gasteiger charge is -2.13. The fourth-order valence-corrected chi connectivity index (χ4v) is 3.60. The van der Waals surface area contributed by atoms with E-state index in [-0.39, 0.29) is 23.8 Å². The Bertz CT molecular complexity index is 811. The second-order valence-electron chi connectivity index (χ2n) is 5.56. The SMILES string of the molecule is Nc1nc(=O)n([C@@H]2CCCO2)cc1C#CCNS(=O)(=O)C1CC1. The Morgan fingerprint density at radius 2 is 2.22 bits per heavy atom. The maximum atomic E-state index is 11.9. The van der Waals surface area contributed by atoms with Crippen LogP contribution < -0.4 is 16.1 Å². The number of hydrogen-bond acceptors (Lipinski definition) is 6. The number of hydrogen-bond donors (Lipinski definition) is 2. The highest BCUT2D eigenvalue weighted by Crippen LogP contribution is 2.27. The summed E-state index contributed by atoms with van der Waals surface area (Å²) >= 11 is 0. The van der Waals surface area contributed by atoms with Gasteiger partial charge in [0.25, 0.3) is 0 Å². The summed E-state index contributed by atoms with van der Waals surface area (Å²) in [5.41, 5.74) is 5.61. The van der Waals surface area contributed by atoms with E-state index >= 15 is 0 Å². The number of nitrogens with one attached hydrogen (secondary N) is 1. The van der Waals surface area contributed by atoms with Crippen molar-refractivity contribution in [3.05, 3.63) is 22.2 Å². The molecule has 124 valence electrons. The van der Waals surface area contributed by atoms with Crippen molar-refractivity contribution in [3.63, 3.8) is 0 Å². The molecule has 2 fully saturated rings. The standard InChI is InChI=1S/C14H18N4O4S/c15-13-10(3-1-7-16-23(20,21)11-5-6-11)9-18(14(19)17-13)12-4-2-8-22-12/h9,11-12,16H,2,4-8H2,(H2,15,17,19)/t12-/m0/s1. The maximum Gasteiger partial charge on any atom is 0.351 e. The fourth-order valence-electron chi connectivity index (χ4n) is 2.34. The third-order valence-corrected chi connectivity index (χ3v) is 5.64. The normalized spacial score (nSPS) is 21.0. The molecule has 23 heavy (non-hydrogen) atoms. The molecule has 1 atom stereocenters. The van der Waals surface area contributed by atoms with E-state index in [0.29, 0.717) is 25.0 Å². The molecule has 0 amide bonds. The average Bonchev–Trinajstić information content (AvgIpc) is 3.23. The van der Waals surface area contributed by atoms with Crippen LogP contribution in [-0.2, 0) is 14.8 Å². The van der Waals surface area contributed by atoms with Crippen LogP contribution in [0, 0.1) is 11.8 Å². The summed E-state index contributed by atoms with van der Waals surface area (Å²) in [5, 5.41) is -0.280. The molecule has 1 saturated heterocycles. The third-order valence-electron chi connectivity index (χ3n) is 3.75. The van der Waals surface area contributed by atoms with Crippen LogP contribution in [0.2, 0.25) is 0 Å². The molecule has 0 radical (unpaired) electrons. The minimum Gasteiger partial charge on any atom is -0.382 e. The van der Waals surface area contributed by atoms with Gasteiger partial charge in [0.15, 0.2) is 0 Å².